The number of nitrogens with zero attached hydrogens (tertiary/aromatic N) is 2. The molecule has 0 aliphatic carbocycles. The van der Waals surface area contributed by atoms with Crippen LogP contribution in [0.3, 0.4) is 0 Å². The van der Waals surface area contributed by atoms with Crippen molar-refractivity contribution in [2.24, 2.45) is 0 Å². The van der Waals surface area contributed by atoms with Gasteiger partial charge in [-0.2, -0.15) is 5.10 Å². The molecule has 7 heteroatoms. The SMILES string of the molecule is Cc1nn(C2CCS(=O)(=O)C2)c(C)c1CC(=O)NCCCc1ccccc1. The third-order valence-corrected chi connectivity index (χ3v) is 6.92. The Morgan fingerprint density at radius 1 is 1.26 bits per heavy atom. The number of rotatable bonds is 7. The molecule has 0 spiro atoms. The summed E-state index contributed by atoms with van der Waals surface area (Å²) in [6.07, 6.45) is 2.71. The van der Waals surface area contributed by atoms with Crippen molar-refractivity contribution in [3.05, 3.63) is 52.8 Å². The van der Waals surface area contributed by atoms with E-state index in [1.54, 1.807) is 4.68 Å². The molecule has 1 saturated heterocycles. The monoisotopic (exact) mass is 389 g/mol. The fourth-order valence-corrected chi connectivity index (χ4v) is 5.36. The summed E-state index contributed by atoms with van der Waals surface area (Å²) in [6, 6.07) is 10.1. The van der Waals surface area contributed by atoms with Crippen LogP contribution in [0.4, 0.5) is 0 Å². The van der Waals surface area contributed by atoms with Gasteiger partial charge in [-0.05, 0) is 38.7 Å². The van der Waals surface area contributed by atoms with Gasteiger partial charge >= 0.3 is 0 Å². The van der Waals surface area contributed by atoms with Crippen LogP contribution >= 0.6 is 0 Å². The molecular weight excluding hydrogens is 362 g/mol. The van der Waals surface area contributed by atoms with Crippen molar-refractivity contribution in [1.82, 2.24) is 15.1 Å². The minimum Gasteiger partial charge on any atom is -0.356 e. The summed E-state index contributed by atoms with van der Waals surface area (Å²) >= 11 is 0. The second kappa shape index (κ2) is 8.25. The minimum absolute atomic E-state index is 0.0205. The molecule has 1 amide bonds. The van der Waals surface area contributed by atoms with Gasteiger partial charge in [0.1, 0.15) is 0 Å². The molecule has 2 heterocycles. The highest BCUT2D eigenvalue weighted by Crippen LogP contribution is 2.26. The van der Waals surface area contributed by atoms with Crippen molar-refractivity contribution in [3.8, 4) is 0 Å². The quantitative estimate of drug-likeness (QED) is 0.736. The van der Waals surface area contributed by atoms with E-state index < -0.39 is 9.84 Å². The van der Waals surface area contributed by atoms with Gasteiger partial charge in [0, 0.05) is 17.8 Å². The van der Waals surface area contributed by atoms with Gasteiger partial charge in [-0.3, -0.25) is 9.48 Å². The second-order valence-corrected chi connectivity index (χ2v) is 9.50. The summed E-state index contributed by atoms with van der Waals surface area (Å²) in [7, 11) is -2.97. The number of carbonyl (C=O) groups is 1. The van der Waals surface area contributed by atoms with E-state index in [0.717, 1.165) is 29.8 Å². The summed E-state index contributed by atoms with van der Waals surface area (Å²) in [5.74, 6) is 0.334. The molecule has 0 bridgehead atoms. The van der Waals surface area contributed by atoms with E-state index in [2.05, 4.69) is 22.5 Å². The molecule has 3 rings (SSSR count). The van der Waals surface area contributed by atoms with Crippen LogP contribution in [0.15, 0.2) is 30.3 Å². The Bertz CT molecular complexity index is 904. The zero-order valence-corrected chi connectivity index (χ0v) is 16.8. The van der Waals surface area contributed by atoms with Gasteiger partial charge in [-0.1, -0.05) is 30.3 Å². The zero-order valence-electron chi connectivity index (χ0n) is 15.9. The number of benzene rings is 1. The zero-order chi connectivity index (χ0) is 19.4. The summed E-state index contributed by atoms with van der Waals surface area (Å²) in [4.78, 5) is 12.3. The summed E-state index contributed by atoms with van der Waals surface area (Å²) in [5, 5.41) is 7.50. The molecule has 1 atom stereocenters. The number of carbonyl (C=O) groups excluding carboxylic acids is 1. The first kappa shape index (κ1) is 19.6. The molecule has 0 saturated carbocycles. The number of sulfone groups is 1. The normalized spacial score (nSPS) is 18.5. The van der Waals surface area contributed by atoms with E-state index in [0.29, 0.717) is 13.0 Å². The average Bonchev–Trinajstić information content (AvgIpc) is 3.13. The molecule has 146 valence electrons. The molecule has 1 aliphatic rings. The number of aryl methyl sites for hydroxylation is 2. The Morgan fingerprint density at radius 2 is 2.00 bits per heavy atom. The molecule has 1 aromatic carbocycles. The van der Waals surface area contributed by atoms with Gasteiger partial charge in [-0.25, -0.2) is 8.42 Å². The van der Waals surface area contributed by atoms with Crippen LogP contribution in [-0.2, 0) is 27.5 Å². The fraction of sp³-hybridized carbons (Fsp3) is 0.500. The van der Waals surface area contributed by atoms with E-state index >= 15 is 0 Å². The predicted molar refractivity (Wildman–Crippen MR) is 105 cm³/mol. The Kier molecular flexibility index (Phi) is 5.99. The van der Waals surface area contributed by atoms with Crippen LogP contribution in [0.25, 0.3) is 0 Å². The van der Waals surface area contributed by atoms with Gasteiger partial charge in [0.25, 0.3) is 0 Å². The molecule has 2 aromatic rings. The molecule has 27 heavy (non-hydrogen) atoms. The van der Waals surface area contributed by atoms with Crippen molar-refractivity contribution in [2.45, 2.75) is 45.6 Å². The minimum atomic E-state index is -2.97. The first-order valence-electron chi connectivity index (χ1n) is 9.41. The number of amides is 1. The lowest BCUT2D eigenvalue weighted by molar-refractivity contribution is -0.120. The molecule has 6 nitrogen and oxygen atoms in total. The Labute approximate surface area is 160 Å². The Hall–Kier alpha value is -2.15. The second-order valence-electron chi connectivity index (χ2n) is 7.27. The number of hydrogen-bond donors (Lipinski definition) is 1. The Balaban J connectivity index is 1.53. The summed E-state index contributed by atoms with van der Waals surface area (Å²) in [5.41, 5.74) is 3.87. The fourth-order valence-electron chi connectivity index (χ4n) is 3.66. The highest BCUT2D eigenvalue weighted by atomic mass is 32.2. The molecule has 1 unspecified atom stereocenters. The van der Waals surface area contributed by atoms with Crippen molar-refractivity contribution in [1.29, 1.82) is 0 Å². The lowest BCUT2D eigenvalue weighted by atomic mass is 10.1. The highest BCUT2D eigenvalue weighted by molar-refractivity contribution is 7.91. The van der Waals surface area contributed by atoms with E-state index in [1.165, 1.54) is 5.56 Å². The number of hydrogen-bond acceptors (Lipinski definition) is 4. The first-order chi connectivity index (χ1) is 12.9. The van der Waals surface area contributed by atoms with Crippen molar-refractivity contribution >= 4 is 15.7 Å². The van der Waals surface area contributed by atoms with Crippen LogP contribution in [0.5, 0.6) is 0 Å². The predicted octanol–water partition coefficient (Wildman–Crippen LogP) is 2.15. The molecule has 1 fully saturated rings. The number of nitrogens with one attached hydrogen (secondary N) is 1. The van der Waals surface area contributed by atoms with Crippen LogP contribution in [0.2, 0.25) is 0 Å². The largest absolute Gasteiger partial charge is 0.356 e. The van der Waals surface area contributed by atoms with Gasteiger partial charge in [0.15, 0.2) is 9.84 Å². The van der Waals surface area contributed by atoms with Gasteiger partial charge in [0.2, 0.25) is 5.91 Å². The first-order valence-corrected chi connectivity index (χ1v) is 11.2. The third-order valence-electron chi connectivity index (χ3n) is 5.17. The highest BCUT2D eigenvalue weighted by Gasteiger charge is 2.31. The van der Waals surface area contributed by atoms with E-state index in [4.69, 9.17) is 0 Å². The van der Waals surface area contributed by atoms with Crippen molar-refractivity contribution in [3.63, 3.8) is 0 Å². The molecule has 1 aliphatic heterocycles. The van der Waals surface area contributed by atoms with E-state index in [-0.39, 0.29) is 29.9 Å². The Morgan fingerprint density at radius 3 is 2.67 bits per heavy atom. The smallest absolute Gasteiger partial charge is 0.224 e. The van der Waals surface area contributed by atoms with Gasteiger partial charge in [-0.15, -0.1) is 0 Å². The van der Waals surface area contributed by atoms with Crippen molar-refractivity contribution < 1.29 is 13.2 Å². The average molecular weight is 390 g/mol. The van der Waals surface area contributed by atoms with Crippen LogP contribution in [0.1, 0.15) is 41.4 Å². The van der Waals surface area contributed by atoms with Crippen LogP contribution < -0.4 is 5.32 Å². The molecule has 0 radical (unpaired) electrons. The maximum atomic E-state index is 12.3. The standard InChI is InChI=1S/C20H27N3O3S/c1-15-19(16(2)23(22-15)18-10-12-27(25,26)14-18)13-20(24)21-11-6-9-17-7-4-3-5-8-17/h3-5,7-8,18H,6,9-14H2,1-2H3,(H,21,24). The number of aromatic nitrogens is 2. The third kappa shape index (κ3) is 4.97. The van der Waals surface area contributed by atoms with Gasteiger partial charge in [0.05, 0.1) is 29.7 Å². The maximum absolute atomic E-state index is 12.3. The van der Waals surface area contributed by atoms with Crippen LogP contribution in [0, 0.1) is 13.8 Å². The van der Waals surface area contributed by atoms with E-state index in [1.807, 2.05) is 32.0 Å². The lowest BCUT2D eigenvalue weighted by Crippen LogP contribution is -2.26. The molecular formula is C20H27N3O3S. The van der Waals surface area contributed by atoms with Crippen LogP contribution in [-0.4, -0.2) is 42.2 Å². The van der Waals surface area contributed by atoms with E-state index in [9.17, 15) is 13.2 Å². The topological polar surface area (TPSA) is 81.1 Å². The summed E-state index contributed by atoms with van der Waals surface area (Å²) in [6.45, 7) is 4.44. The maximum Gasteiger partial charge on any atom is 0.224 e. The summed E-state index contributed by atoms with van der Waals surface area (Å²) < 4.78 is 25.3. The van der Waals surface area contributed by atoms with Crippen molar-refractivity contribution in [2.75, 3.05) is 18.1 Å². The molecule has 1 aromatic heterocycles. The molecule has 1 N–H and O–H groups in total. The van der Waals surface area contributed by atoms with Gasteiger partial charge < -0.3 is 5.32 Å². The lowest BCUT2D eigenvalue weighted by Gasteiger charge is -2.11.